The Balaban J connectivity index is 1.72. The summed E-state index contributed by atoms with van der Waals surface area (Å²) in [4.78, 5) is 5.32. The maximum absolute atomic E-state index is 7.49. The van der Waals surface area contributed by atoms with Crippen LogP contribution >= 0.6 is 11.8 Å². The second-order valence-electron chi connectivity index (χ2n) is 5.35. The largest absolute Gasteiger partial charge is 0.399 e. The first-order valence-electron chi connectivity index (χ1n) is 7.29. The number of aromatic nitrogens is 2. The zero-order chi connectivity index (χ0) is 16.2. The molecule has 1 aliphatic carbocycles. The number of anilines is 1. The summed E-state index contributed by atoms with van der Waals surface area (Å²) in [6.07, 6.45) is 5.24. The lowest BCUT2D eigenvalue weighted by Gasteiger charge is -2.02. The molecule has 0 amide bonds. The molecule has 6 N–H and O–H groups in total. The van der Waals surface area contributed by atoms with Gasteiger partial charge in [0, 0.05) is 34.5 Å². The lowest BCUT2D eigenvalue weighted by molar-refractivity contribution is 0.965. The van der Waals surface area contributed by atoms with Crippen molar-refractivity contribution in [2.45, 2.75) is 23.7 Å². The molecule has 7 heteroatoms. The highest BCUT2D eigenvalue weighted by Gasteiger charge is 2.25. The highest BCUT2D eigenvalue weighted by molar-refractivity contribution is 8.03. The molecule has 0 bridgehead atoms. The minimum absolute atomic E-state index is 0.458. The van der Waals surface area contributed by atoms with Gasteiger partial charge in [0.05, 0.1) is 10.7 Å². The van der Waals surface area contributed by atoms with Gasteiger partial charge in [-0.2, -0.15) is 5.10 Å². The Morgan fingerprint density at radius 2 is 2.09 bits per heavy atom. The van der Waals surface area contributed by atoms with E-state index in [1.807, 2.05) is 30.3 Å². The van der Waals surface area contributed by atoms with Gasteiger partial charge >= 0.3 is 0 Å². The third kappa shape index (κ3) is 4.23. The highest BCUT2D eigenvalue weighted by Crippen LogP contribution is 2.39. The number of aliphatic imine (C=N–C) groups is 1. The van der Waals surface area contributed by atoms with E-state index in [1.54, 1.807) is 6.08 Å². The van der Waals surface area contributed by atoms with Crippen LogP contribution < -0.4 is 11.5 Å². The minimum Gasteiger partial charge on any atom is -0.399 e. The van der Waals surface area contributed by atoms with Crippen LogP contribution in [0.1, 0.15) is 24.5 Å². The lowest BCUT2D eigenvalue weighted by atomic mass is 10.3. The summed E-state index contributed by atoms with van der Waals surface area (Å²) in [5.74, 6) is 1.17. The summed E-state index contributed by atoms with van der Waals surface area (Å²) in [5, 5.41) is 15.2. The molecule has 6 nitrogen and oxygen atoms in total. The maximum atomic E-state index is 7.49. The van der Waals surface area contributed by atoms with E-state index in [1.165, 1.54) is 30.8 Å². The van der Waals surface area contributed by atoms with Crippen LogP contribution in [-0.4, -0.2) is 22.1 Å². The van der Waals surface area contributed by atoms with Gasteiger partial charge in [0.1, 0.15) is 0 Å². The van der Waals surface area contributed by atoms with Crippen molar-refractivity contribution in [1.82, 2.24) is 10.2 Å². The molecule has 1 saturated carbocycles. The van der Waals surface area contributed by atoms with Gasteiger partial charge in [-0.05, 0) is 43.2 Å². The molecule has 0 unspecified atom stereocenters. The number of benzene rings is 1. The van der Waals surface area contributed by atoms with Crippen molar-refractivity contribution in [2.24, 2.45) is 10.7 Å². The van der Waals surface area contributed by atoms with Crippen molar-refractivity contribution in [3.05, 3.63) is 47.1 Å². The number of H-pyrrole nitrogens is 1. The first-order chi connectivity index (χ1) is 11.1. The number of nitrogen functional groups attached to an aromatic ring is 1. The zero-order valence-electron chi connectivity index (χ0n) is 12.5. The van der Waals surface area contributed by atoms with Crippen LogP contribution in [0.25, 0.3) is 0 Å². The fraction of sp³-hybridized carbons (Fsp3) is 0.188. The van der Waals surface area contributed by atoms with Crippen molar-refractivity contribution in [2.75, 3.05) is 5.73 Å². The molecule has 0 saturated heterocycles. The molecule has 23 heavy (non-hydrogen) atoms. The summed E-state index contributed by atoms with van der Waals surface area (Å²) in [6, 6.07) is 9.38. The Morgan fingerprint density at radius 3 is 2.74 bits per heavy atom. The van der Waals surface area contributed by atoms with Crippen LogP contribution in [0.3, 0.4) is 0 Å². The van der Waals surface area contributed by atoms with Gasteiger partial charge in [-0.15, -0.1) is 0 Å². The topological polar surface area (TPSA) is 117 Å². The normalized spacial score (nSPS) is 15.7. The van der Waals surface area contributed by atoms with E-state index >= 15 is 0 Å². The molecular weight excluding hydrogens is 308 g/mol. The number of hydrogen-bond donors (Lipinski definition) is 4. The number of rotatable bonds is 6. The average Bonchev–Trinajstić information content (AvgIpc) is 3.29. The van der Waals surface area contributed by atoms with Gasteiger partial charge < -0.3 is 16.9 Å². The molecule has 3 rings (SSSR count). The second kappa shape index (κ2) is 6.70. The summed E-state index contributed by atoms with van der Waals surface area (Å²) in [6.45, 7) is 0. The van der Waals surface area contributed by atoms with Gasteiger partial charge in [0.25, 0.3) is 0 Å². The molecule has 0 radical (unpaired) electrons. The number of aromatic amines is 1. The van der Waals surface area contributed by atoms with Crippen molar-refractivity contribution >= 4 is 35.2 Å². The van der Waals surface area contributed by atoms with Gasteiger partial charge in [-0.3, -0.25) is 5.10 Å². The van der Waals surface area contributed by atoms with E-state index in [9.17, 15) is 0 Å². The number of nitrogens with two attached hydrogens (primary N) is 2. The standard InChI is InChI=1S/C16H18N6S/c17-9-12(20-16-8-14(21-22-16)10-1-2-10)7-15(19)23-13-5-3-11(18)4-6-13/h3-10,17H,1-2,18-19H2,(H,21,22). The smallest absolute Gasteiger partial charge is 0.174 e. The van der Waals surface area contributed by atoms with E-state index in [-0.39, 0.29) is 0 Å². The van der Waals surface area contributed by atoms with E-state index in [2.05, 4.69) is 15.2 Å². The maximum Gasteiger partial charge on any atom is 0.174 e. The molecule has 0 atom stereocenters. The third-order valence-corrected chi connectivity index (χ3v) is 4.26. The first-order valence-corrected chi connectivity index (χ1v) is 8.11. The van der Waals surface area contributed by atoms with Crippen LogP contribution in [-0.2, 0) is 0 Å². The van der Waals surface area contributed by atoms with Crippen molar-refractivity contribution in [3.8, 4) is 0 Å². The van der Waals surface area contributed by atoms with E-state index in [4.69, 9.17) is 16.9 Å². The van der Waals surface area contributed by atoms with Crippen molar-refractivity contribution < 1.29 is 0 Å². The van der Waals surface area contributed by atoms with Crippen LogP contribution in [0.15, 0.2) is 51.3 Å². The quantitative estimate of drug-likeness (QED) is 0.370. The fourth-order valence-electron chi connectivity index (χ4n) is 2.07. The first kappa shape index (κ1) is 15.4. The van der Waals surface area contributed by atoms with Gasteiger partial charge in [-0.1, -0.05) is 11.8 Å². The Morgan fingerprint density at radius 1 is 1.35 bits per heavy atom. The van der Waals surface area contributed by atoms with Crippen LogP contribution in [0.4, 0.5) is 11.5 Å². The summed E-state index contributed by atoms with van der Waals surface area (Å²) in [7, 11) is 0. The Bertz CT molecular complexity index is 755. The lowest BCUT2D eigenvalue weighted by Crippen LogP contribution is -2.00. The SMILES string of the molecule is N=CC(C=C(N)Sc1ccc(N)cc1)=Nc1cc(C2CC2)[nH]n1. The number of hydrogen-bond acceptors (Lipinski definition) is 6. The fourth-order valence-corrected chi connectivity index (χ4v) is 2.80. The monoisotopic (exact) mass is 326 g/mol. The zero-order valence-corrected chi connectivity index (χ0v) is 13.3. The van der Waals surface area contributed by atoms with Crippen LogP contribution in [0, 0.1) is 5.41 Å². The molecule has 1 aliphatic rings. The minimum atomic E-state index is 0.458. The summed E-state index contributed by atoms with van der Waals surface area (Å²) < 4.78 is 0. The molecule has 1 aromatic heterocycles. The molecule has 2 aromatic rings. The molecule has 0 aliphatic heterocycles. The highest BCUT2D eigenvalue weighted by atomic mass is 32.2. The molecule has 1 aromatic carbocycles. The van der Waals surface area contributed by atoms with Gasteiger partial charge in [0.15, 0.2) is 5.82 Å². The molecule has 0 spiro atoms. The third-order valence-electron chi connectivity index (χ3n) is 3.40. The van der Waals surface area contributed by atoms with Gasteiger partial charge in [0.2, 0.25) is 0 Å². The van der Waals surface area contributed by atoms with Crippen molar-refractivity contribution in [3.63, 3.8) is 0 Å². The predicted molar refractivity (Wildman–Crippen MR) is 95.4 cm³/mol. The molecular formula is C16H18N6S. The van der Waals surface area contributed by atoms with E-state index in [0.29, 0.717) is 28.2 Å². The van der Waals surface area contributed by atoms with Gasteiger partial charge in [-0.25, -0.2) is 4.99 Å². The number of nitrogens with zero attached hydrogens (tertiary/aromatic N) is 2. The Labute approximate surface area is 138 Å². The predicted octanol–water partition coefficient (Wildman–Crippen LogP) is 3.18. The van der Waals surface area contributed by atoms with Crippen LogP contribution in [0.2, 0.25) is 0 Å². The number of allylic oxidation sites excluding steroid dienone is 1. The molecule has 1 fully saturated rings. The summed E-state index contributed by atoms with van der Waals surface area (Å²) >= 11 is 1.40. The molecule has 118 valence electrons. The summed E-state index contributed by atoms with van der Waals surface area (Å²) in [5.41, 5.74) is 14.0. The Kier molecular flexibility index (Phi) is 4.47. The van der Waals surface area contributed by atoms with E-state index < -0.39 is 0 Å². The van der Waals surface area contributed by atoms with Crippen molar-refractivity contribution in [1.29, 1.82) is 5.41 Å². The molecule has 1 heterocycles. The van der Waals surface area contributed by atoms with E-state index in [0.717, 1.165) is 10.6 Å². The number of nitrogens with one attached hydrogen (secondary N) is 2. The Hall–Kier alpha value is -2.54. The van der Waals surface area contributed by atoms with Crippen LogP contribution in [0.5, 0.6) is 0 Å². The average molecular weight is 326 g/mol. The number of thioether (sulfide) groups is 1. The second-order valence-corrected chi connectivity index (χ2v) is 6.50.